The Morgan fingerprint density at radius 3 is 1.95 bits per heavy atom. The van der Waals surface area contributed by atoms with Gasteiger partial charge in [0.05, 0.1) is 11.9 Å². The molecule has 0 aromatic heterocycles. The van der Waals surface area contributed by atoms with E-state index in [-0.39, 0.29) is 17.9 Å². The molecule has 2 amide bonds. The molecule has 4 fully saturated rings. The van der Waals surface area contributed by atoms with Crippen molar-refractivity contribution < 1.29 is 18.0 Å². The molecule has 4 aliphatic carbocycles. The van der Waals surface area contributed by atoms with Crippen molar-refractivity contribution in [1.29, 1.82) is 0 Å². The van der Waals surface area contributed by atoms with Gasteiger partial charge in [-0.3, -0.25) is 13.9 Å². The van der Waals surface area contributed by atoms with E-state index in [0.717, 1.165) is 29.6 Å². The number of carbonyl (C=O) groups excluding carboxylic acids is 2. The molecule has 1 N–H and O–H groups in total. The Morgan fingerprint density at radius 1 is 0.953 bits per heavy atom. The molecule has 0 aliphatic heterocycles. The quantitative estimate of drug-likeness (QED) is 0.335. The lowest BCUT2D eigenvalue weighted by Gasteiger charge is -2.57. The summed E-state index contributed by atoms with van der Waals surface area (Å²) in [4.78, 5) is 28.9. The summed E-state index contributed by atoms with van der Waals surface area (Å²) in [5, 5.41) is 3.56. The molecule has 0 heterocycles. The molecule has 1 atom stereocenters. The third-order valence-electron chi connectivity index (χ3n) is 9.64. The van der Waals surface area contributed by atoms with Gasteiger partial charge in [0.15, 0.2) is 0 Å². The molecule has 6 rings (SSSR count). The molecule has 0 spiro atoms. The second-order valence-corrected chi connectivity index (χ2v) is 16.7. The molecule has 7 nitrogen and oxygen atoms in total. The number of sulfonamides is 1. The molecule has 0 radical (unpaired) electrons. The van der Waals surface area contributed by atoms with Crippen LogP contribution in [0.15, 0.2) is 48.5 Å². The van der Waals surface area contributed by atoms with Crippen molar-refractivity contribution >= 4 is 39.1 Å². The van der Waals surface area contributed by atoms with Gasteiger partial charge in [-0.05, 0) is 124 Å². The van der Waals surface area contributed by atoms with Gasteiger partial charge in [0.25, 0.3) is 0 Å². The zero-order chi connectivity index (χ0) is 31.2. The van der Waals surface area contributed by atoms with Crippen molar-refractivity contribution in [2.75, 3.05) is 17.1 Å². The van der Waals surface area contributed by atoms with Gasteiger partial charge in [-0.25, -0.2) is 8.42 Å². The van der Waals surface area contributed by atoms with Crippen molar-refractivity contribution in [3.63, 3.8) is 0 Å². The maximum atomic E-state index is 14.0. The molecular formula is C34H46ClN3O4S. The van der Waals surface area contributed by atoms with E-state index >= 15 is 0 Å². The average Bonchev–Trinajstić information content (AvgIpc) is 2.90. The molecular weight excluding hydrogens is 582 g/mol. The maximum Gasteiger partial charge on any atom is 0.244 e. The molecule has 0 saturated heterocycles. The van der Waals surface area contributed by atoms with Crippen LogP contribution in [-0.2, 0) is 31.6 Å². The summed E-state index contributed by atoms with van der Waals surface area (Å²) in [6.45, 7) is 7.27. The Bertz CT molecular complexity index is 1400. The topological polar surface area (TPSA) is 86.8 Å². The monoisotopic (exact) mass is 627 g/mol. The van der Waals surface area contributed by atoms with Crippen LogP contribution >= 0.6 is 11.6 Å². The second-order valence-electron chi connectivity index (χ2n) is 14.3. The van der Waals surface area contributed by atoms with Gasteiger partial charge in [0.1, 0.15) is 12.6 Å². The van der Waals surface area contributed by atoms with Crippen molar-refractivity contribution in [2.45, 2.75) is 96.2 Å². The highest BCUT2D eigenvalue weighted by atomic mass is 35.5. The number of hydrogen-bond donors (Lipinski definition) is 1. The summed E-state index contributed by atoms with van der Waals surface area (Å²) >= 11 is 6.09. The van der Waals surface area contributed by atoms with Gasteiger partial charge in [-0.2, -0.15) is 0 Å². The number of amides is 2. The van der Waals surface area contributed by atoms with Crippen LogP contribution in [0.1, 0.15) is 83.8 Å². The predicted molar refractivity (Wildman–Crippen MR) is 172 cm³/mol. The number of hydrogen-bond acceptors (Lipinski definition) is 4. The Labute approximate surface area is 262 Å². The first-order valence-electron chi connectivity index (χ1n) is 15.6. The van der Waals surface area contributed by atoms with Crippen LogP contribution in [-0.4, -0.2) is 49.5 Å². The smallest absolute Gasteiger partial charge is 0.244 e. The van der Waals surface area contributed by atoms with Gasteiger partial charge >= 0.3 is 0 Å². The summed E-state index contributed by atoms with van der Waals surface area (Å²) in [5.74, 6) is 1.71. The SMILES string of the molecule is CCC(C(=O)NC(C)(C)C)N(Cc1ccc(Cl)cc1)C(=O)CN(c1ccc(C23CC4CC(CC(C4)C2)C3)cc1)S(C)(=O)=O. The van der Waals surface area contributed by atoms with Crippen LogP contribution < -0.4 is 9.62 Å². The molecule has 4 aliphatic rings. The van der Waals surface area contributed by atoms with Gasteiger partial charge in [-0.15, -0.1) is 0 Å². The number of anilines is 1. The molecule has 234 valence electrons. The van der Waals surface area contributed by atoms with Crippen molar-refractivity contribution in [3.05, 3.63) is 64.7 Å². The zero-order valence-electron chi connectivity index (χ0n) is 26.1. The van der Waals surface area contributed by atoms with Crippen molar-refractivity contribution in [2.24, 2.45) is 17.8 Å². The lowest BCUT2D eigenvalue weighted by molar-refractivity contribution is -0.141. The minimum Gasteiger partial charge on any atom is -0.350 e. The minimum atomic E-state index is -3.80. The van der Waals surface area contributed by atoms with Gasteiger partial charge < -0.3 is 10.2 Å². The standard InChI is InChI=1S/C34H46ClN3O4S/c1-6-30(32(40)36-33(2,3)4)37(21-23-7-11-28(35)12-8-23)31(39)22-38(43(5,41)42)29-13-9-27(10-14-29)34-18-24-15-25(19-34)17-26(16-24)20-34/h7-14,24-26,30H,6,15-22H2,1-5H3,(H,36,40). The van der Waals surface area contributed by atoms with Crippen LogP contribution in [0, 0.1) is 17.8 Å². The summed E-state index contributed by atoms with van der Waals surface area (Å²) in [6, 6.07) is 14.2. The number of nitrogens with one attached hydrogen (secondary N) is 1. The molecule has 43 heavy (non-hydrogen) atoms. The molecule has 4 saturated carbocycles. The lowest BCUT2D eigenvalue weighted by Crippen LogP contribution is -2.55. The van der Waals surface area contributed by atoms with E-state index < -0.39 is 34.1 Å². The fourth-order valence-corrected chi connectivity index (χ4v) is 9.19. The highest BCUT2D eigenvalue weighted by molar-refractivity contribution is 7.92. The predicted octanol–water partition coefficient (Wildman–Crippen LogP) is 6.30. The number of carbonyl (C=O) groups is 2. The normalized spacial score (nSPS) is 25.3. The van der Waals surface area contributed by atoms with Crippen LogP contribution in [0.4, 0.5) is 5.69 Å². The summed E-state index contributed by atoms with van der Waals surface area (Å²) in [6.07, 6.45) is 9.26. The fraction of sp³-hybridized carbons (Fsp3) is 0.588. The van der Waals surface area contributed by atoms with E-state index in [4.69, 9.17) is 11.6 Å². The van der Waals surface area contributed by atoms with E-state index in [0.29, 0.717) is 17.1 Å². The van der Waals surface area contributed by atoms with E-state index in [1.54, 1.807) is 12.1 Å². The molecule has 4 bridgehead atoms. The van der Waals surface area contributed by atoms with Gasteiger partial charge in [0, 0.05) is 17.1 Å². The molecule has 2 aromatic rings. The molecule has 2 aromatic carbocycles. The minimum absolute atomic E-state index is 0.147. The third-order valence-corrected chi connectivity index (χ3v) is 11.0. The second kappa shape index (κ2) is 12.1. The summed E-state index contributed by atoms with van der Waals surface area (Å²) in [7, 11) is -3.80. The van der Waals surface area contributed by atoms with Crippen LogP contribution in [0.5, 0.6) is 0 Å². The molecule has 9 heteroatoms. The Kier molecular flexibility index (Phi) is 8.94. The lowest BCUT2D eigenvalue weighted by atomic mass is 9.48. The first kappa shape index (κ1) is 31.8. The highest BCUT2D eigenvalue weighted by Gasteiger charge is 2.51. The fourth-order valence-electron chi connectivity index (χ4n) is 8.22. The van der Waals surface area contributed by atoms with E-state index in [9.17, 15) is 18.0 Å². The van der Waals surface area contributed by atoms with Crippen LogP contribution in [0.3, 0.4) is 0 Å². The number of halogens is 1. The Balaban J connectivity index is 1.41. The third kappa shape index (κ3) is 7.22. The Hall–Kier alpha value is -2.58. The molecule has 1 unspecified atom stereocenters. The average molecular weight is 628 g/mol. The maximum absolute atomic E-state index is 14.0. The van der Waals surface area contributed by atoms with Crippen LogP contribution in [0.25, 0.3) is 0 Å². The summed E-state index contributed by atoms with van der Waals surface area (Å²) < 4.78 is 27.4. The zero-order valence-corrected chi connectivity index (χ0v) is 27.7. The largest absolute Gasteiger partial charge is 0.350 e. The Morgan fingerprint density at radius 2 is 1.49 bits per heavy atom. The number of rotatable bonds is 10. The first-order chi connectivity index (χ1) is 20.2. The van der Waals surface area contributed by atoms with Crippen LogP contribution in [0.2, 0.25) is 5.02 Å². The number of nitrogens with zero attached hydrogens (tertiary/aromatic N) is 2. The van der Waals surface area contributed by atoms with E-state index in [1.807, 2.05) is 52.0 Å². The summed E-state index contributed by atoms with van der Waals surface area (Å²) in [5.41, 5.74) is 2.26. The van der Waals surface area contributed by atoms with Crippen molar-refractivity contribution in [3.8, 4) is 0 Å². The van der Waals surface area contributed by atoms with Crippen molar-refractivity contribution in [1.82, 2.24) is 10.2 Å². The van der Waals surface area contributed by atoms with E-state index in [1.165, 1.54) is 53.3 Å². The first-order valence-corrected chi connectivity index (χ1v) is 17.8. The van der Waals surface area contributed by atoms with Gasteiger partial charge in [0.2, 0.25) is 21.8 Å². The van der Waals surface area contributed by atoms with E-state index in [2.05, 4.69) is 17.4 Å². The highest BCUT2D eigenvalue weighted by Crippen LogP contribution is 2.60. The van der Waals surface area contributed by atoms with Gasteiger partial charge in [-0.1, -0.05) is 42.8 Å². The number of benzene rings is 2.